The number of carbonyl (C=O) groups excluding carboxylic acids is 1. The number of benzene rings is 2. The van der Waals surface area contributed by atoms with Gasteiger partial charge in [0.1, 0.15) is 0 Å². The molecule has 0 atom stereocenters. The van der Waals surface area contributed by atoms with Crippen LogP contribution in [0.1, 0.15) is 54.7 Å². The van der Waals surface area contributed by atoms with Crippen molar-refractivity contribution in [3.8, 4) is 0 Å². The van der Waals surface area contributed by atoms with Crippen molar-refractivity contribution in [1.82, 2.24) is 15.2 Å². The lowest BCUT2D eigenvalue weighted by Gasteiger charge is -2.32. The molecule has 0 bridgehead atoms. The molecular weight excluding hydrogens is 394 g/mol. The topological polar surface area (TPSA) is 48.1 Å². The quantitative estimate of drug-likeness (QED) is 0.341. The van der Waals surface area contributed by atoms with Crippen LogP contribution in [0, 0.1) is 6.92 Å². The minimum absolute atomic E-state index is 0.00933. The molecule has 1 aliphatic rings. The van der Waals surface area contributed by atoms with Gasteiger partial charge in [0.2, 0.25) is 5.91 Å². The van der Waals surface area contributed by atoms with E-state index in [2.05, 4.69) is 64.7 Å². The lowest BCUT2D eigenvalue weighted by atomic mass is 9.89. The number of nitrogens with zero attached hydrogens (tertiary/aromatic N) is 1. The van der Waals surface area contributed by atoms with Crippen molar-refractivity contribution in [3.05, 3.63) is 77.5 Å². The van der Waals surface area contributed by atoms with Gasteiger partial charge in [-0.05, 0) is 81.4 Å². The number of piperidine rings is 1. The first kappa shape index (κ1) is 22.3. The molecule has 4 heteroatoms. The number of unbranched alkanes of at least 4 members (excludes halogenated alkanes) is 2. The van der Waals surface area contributed by atoms with E-state index in [1.54, 1.807) is 6.08 Å². The zero-order chi connectivity index (χ0) is 22.2. The van der Waals surface area contributed by atoms with E-state index >= 15 is 0 Å². The SMILES string of the molecule is Cc1ccc(/C=C/C(=O)NCCCCCN2CCC(c3c[nH]c4ccccc34)CC2)cc1. The van der Waals surface area contributed by atoms with Gasteiger partial charge in [-0.15, -0.1) is 0 Å². The van der Waals surface area contributed by atoms with Gasteiger partial charge >= 0.3 is 0 Å². The molecule has 3 aromatic rings. The number of aryl methyl sites for hydroxylation is 1. The minimum atomic E-state index is -0.00933. The predicted molar refractivity (Wildman–Crippen MR) is 134 cm³/mol. The molecule has 1 aliphatic heterocycles. The summed E-state index contributed by atoms with van der Waals surface area (Å²) in [6.45, 7) is 6.35. The number of nitrogens with one attached hydrogen (secondary N) is 2. The third-order valence-corrected chi connectivity index (χ3v) is 6.60. The van der Waals surface area contributed by atoms with Crippen molar-refractivity contribution in [2.45, 2.75) is 44.9 Å². The summed E-state index contributed by atoms with van der Waals surface area (Å²) in [6.07, 6.45) is 11.6. The van der Waals surface area contributed by atoms with E-state index in [0.29, 0.717) is 5.92 Å². The summed E-state index contributed by atoms with van der Waals surface area (Å²) in [5.74, 6) is 0.663. The Morgan fingerprint density at radius 3 is 2.66 bits per heavy atom. The summed E-state index contributed by atoms with van der Waals surface area (Å²) >= 11 is 0. The molecular formula is C28H35N3O. The minimum Gasteiger partial charge on any atom is -0.361 e. The molecule has 32 heavy (non-hydrogen) atoms. The third-order valence-electron chi connectivity index (χ3n) is 6.60. The van der Waals surface area contributed by atoms with E-state index in [0.717, 1.165) is 24.9 Å². The Morgan fingerprint density at radius 2 is 1.84 bits per heavy atom. The number of aromatic nitrogens is 1. The van der Waals surface area contributed by atoms with E-state index in [-0.39, 0.29) is 5.91 Å². The second kappa shape index (κ2) is 11.1. The molecule has 4 nitrogen and oxygen atoms in total. The largest absolute Gasteiger partial charge is 0.361 e. The van der Waals surface area contributed by atoms with Crippen LogP contribution in [0.5, 0.6) is 0 Å². The Morgan fingerprint density at radius 1 is 1.06 bits per heavy atom. The van der Waals surface area contributed by atoms with Crippen molar-refractivity contribution in [3.63, 3.8) is 0 Å². The van der Waals surface area contributed by atoms with Gasteiger partial charge in [0.05, 0.1) is 0 Å². The highest BCUT2D eigenvalue weighted by Gasteiger charge is 2.22. The van der Waals surface area contributed by atoms with Gasteiger partial charge in [-0.1, -0.05) is 54.4 Å². The van der Waals surface area contributed by atoms with Gasteiger partial charge in [-0.2, -0.15) is 0 Å². The van der Waals surface area contributed by atoms with Crippen molar-refractivity contribution in [1.29, 1.82) is 0 Å². The fraction of sp³-hybridized carbons (Fsp3) is 0.393. The molecule has 2 heterocycles. The maximum Gasteiger partial charge on any atom is 0.243 e. The number of hydrogen-bond acceptors (Lipinski definition) is 2. The van der Waals surface area contributed by atoms with Crippen LogP contribution >= 0.6 is 0 Å². The zero-order valence-electron chi connectivity index (χ0n) is 19.1. The van der Waals surface area contributed by atoms with Gasteiger partial charge in [0, 0.05) is 29.7 Å². The number of likely N-dealkylation sites (tertiary alicyclic amines) is 1. The molecule has 168 valence electrons. The second-order valence-electron chi connectivity index (χ2n) is 9.00. The first-order valence-corrected chi connectivity index (χ1v) is 12.0. The monoisotopic (exact) mass is 429 g/mol. The third kappa shape index (κ3) is 6.10. The number of rotatable bonds is 9. The molecule has 0 radical (unpaired) electrons. The average molecular weight is 430 g/mol. The Labute approximate surface area is 191 Å². The number of hydrogen-bond donors (Lipinski definition) is 2. The predicted octanol–water partition coefficient (Wildman–Crippen LogP) is 5.66. The number of fused-ring (bicyclic) bond motifs is 1. The molecule has 1 saturated heterocycles. The van der Waals surface area contributed by atoms with Gasteiger partial charge in [0.15, 0.2) is 0 Å². The summed E-state index contributed by atoms with van der Waals surface area (Å²) < 4.78 is 0. The van der Waals surface area contributed by atoms with Crippen LogP contribution in [0.15, 0.2) is 60.8 Å². The standard InChI is InChI=1S/C28H35N3O/c1-22-9-11-23(12-10-22)13-14-28(32)29-17-5-2-6-18-31-19-15-24(16-20-31)26-21-30-27-8-4-3-7-25(26)27/h3-4,7-14,21,24,30H,2,5-6,15-20H2,1H3,(H,29,32)/b14-13+. The van der Waals surface area contributed by atoms with Crippen LogP contribution in [0.3, 0.4) is 0 Å². The normalized spacial score (nSPS) is 15.5. The van der Waals surface area contributed by atoms with Gasteiger partial charge in [-0.25, -0.2) is 0 Å². The molecule has 0 aliphatic carbocycles. The summed E-state index contributed by atoms with van der Waals surface area (Å²) in [5.41, 5.74) is 5.03. The molecule has 0 spiro atoms. The van der Waals surface area contributed by atoms with Crippen LogP contribution in [0.25, 0.3) is 17.0 Å². The van der Waals surface area contributed by atoms with Crippen LogP contribution in [-0.4, -0.2) is 42.0 Å². The number of carbonyl (C=O) groups is 1. The maximum atomic E-state index is 12.0. The highest BCUT2D eigenvalue weighted by Crippen LogP contribution is 2.33. The van der Waals surface area contributed by atoms with Crippen molar-refractivity contribution < 1.29 is 4.79 Å². The summed E-state index contributed by atoms with van der Waals surface area (Å²) in [4.78, 5) is 18.0. The van der Waals surface area contributed by atoms with Gasteiger partial charge in [0.25, 0.3) is 0 Å². The fourth-order valence-corrected chi connectivity index (χ4v) is 4.66. The number of H-pyrrole nitrogens is 1. The zero-order valence-corrected chi connectivity index (χ0v) is 19.1. The second-order valence-corrected chi connectivity index (χ2v) is 9.00. The van der Waals surface area contributed by atoms with Crippen molar-refractivity contribution in [2.75, 3.05) is 26.2 Å². The van der Waals surface area contributed by atoms with Crippen molar-refractivity contribution >= 4 is 22.9 Å². The van der Waals surface area contributed by atoms with E-state index in [1.807, 2.05) is 18.2 Å². The van der Waals surface area contributed by atoms with Gasteiger partial charge in [-0.3, -0.25) is 4.79 Å². The summed E-state index contributed by atoms with van der Waals surface area (Å²) in [6, 6.07) is 16.8. The van der Waals surface area contributed by atoms with Gasteiger partial charge < -0.3 is 15.2 Å². The maximum absolute atomic E-state index is 12.0. The van der Waals surface area contributed by atoms with E-state index in [9.17, 15) is 4.79 Å². The Hall–Kier alpha value is -2.85. The highest BCUT2D eigenvalue weighted by atomic mass is 16.1. The molecule has 0 unspecified atom stereocenters. The van der Waals surface area contributed by atoms with Crippen LogP contribution in [0.4, 0.5) is 0 Å². The summed E-state index contributed by atoms with van der Waals surface area (Å²) in [5, 5.41) is 4.39. The lowest BCUT2D eigenvalue weighted by molar-refractivity contribution is -0.116. The molecule has 1 aromatic heterocycles. The lowest BCUT2D eigenvalue weighted by Crippen LogP contribution is -2.33. The molecule has 1 amide bonds. The molecule has 2 aromatic carbocycles. The average Bonchev–Trinajstić information content (AvgIpc) is 3.25. The van der Waals surface area contributed by atoms with Crippen LogP contribution in [-0.2, 0) is 4.79 Å². The molecule has 1 fully saturated rings. The Bertz CT molecular complexity index is 1030. The Kier molecular flexibility index (Phi) is 7.78. The first-order chi connectivity index (χ1) is 15.7. The molecule has 4 rings (SSSR count). The fourth-order valence-electron chi connectivity index (χ4n) is 4.66. The van der Waals surface area contributed by atoms with Crippen molar-refractivity contribution in [2.24, 2.45) is 0 Å². The number of para-hydroxylation sites is 1. The van der Waals surface area contributed by atoms with E-state index in [1.165, 1.54) is 60.9 Å². The summed E-state index contributed by atoms with van der Waals surface area (Å²) in [7, 11) is 0. The highest BCUT2D eigenvalue weighted by molar-refractivity contribution is 5.91. The number of aromatic amines is 1. The molecule has 2 N–H and O–H groups in total. The smallest absolute Gasteiger partial charge is 0.243 e. The number of amides is 1. The van der Waals surface area contributed by atoms with Crippen LogP contribution < -0.4 is 5.32 Å². The van der Waals surface area contributed by atoms with Crippen LogP contribution in [0.2, 0.25) is 0 Å². The molecule has 0 saturated carbocycles. The van der Waals surface area contributed by atoms with E-state index < -0.39 is 0 Å². The Balaban J connectivity index is 1.08. The first-order valence-electron chi connectivity index (χ1n) is 12.0. The van der Waals surface area contributed by atoms with E-state index in [4.69, 9.17) is 0 Å².